The molecule has 0 bridgehead atoms. The van der Waals surface area contributed by atoms with E-state index in [-0.39, 0.29) is 17.2 Å². The minimum absolute atomic E-state index is 0.0194. The molecule has 25 heavy (non-hydrogen) atoms. The van der Waals surface area contributed by atoms with Gasteiger partial charge in [-0.25, -0.2) is 0 Å². The van der Waals surface area contributed by atoms with Crippen LogP contribution in [0.3, 0.4) is 0 Å². The van der Waals surface area contributed by atoms with Gasteiger partial charge in [-0.05, 0) is 61.9 Å². The van der Waals surface area contributed by atoms with Crippen molar-refractivity contribution in [2.45, 2.75) is 51.4 Å². The molecule has 1 saturated carbocycles. The largest absolute Gasteiger partial charge is 0.339 e. The molecule has 3 N–H and O–H groups in total. The molecule has 1 aromatic carbocycles. The molecule has 1 aliphatic heterocycles. The minimum atomic E-state index is -0.0337. The third-order valence-corrected chi connectivity index (χ3v) is 5.69. The molecule has 2 fully saturated rings. The lowest BCUT2D eigenvalue weighted by atomic mass is 9.71. The number of amides is 2. The van der Waals surface area contributed by atoms with E-state index in [1.807, 2.05) is 17.0 Å². The lowest BCUT2D eigenvalue weighted by Gasteiger charge is -2.35. The molecular weight excluding hydrogens is 314 g/mol. The third kappa shape index (κ3) is 4.40. The zero-order valence-corrected chi connectivity index (χ0v) is 14.9. The van der Waals surface area contributed by atoms with Crippen molar-refractivity contribution < 1.29 is 9.59 Å². The van der Waals surface area contributed by atoms with E-state index >= 15 is 0 Å². The number of nitrogens with zero attached hydrogens (tertiary/aromatic N) is 1. The van der Waals surface area contributed by atoms with E-state index in [4.69, 9.17) is 5.73 Å². The van der Waals surface area contributed by atoms with Crippen LogP contribution in [0, 0.1) is 5.41 Å². The van der Waals surface area contributed by atoms with Gasteiger partial charge in [0.05, 0.1) is 0 Å². The number of carbonyl (C=O) groups excluding carboxylic acids is 2. The van der Waals surface area contributed by atoms with Gasteiger partial charge in [-0.2, -0.15) is 0 Å². The van der Waals surface area contributed by atoms with Crippen LogP contribution >= 0.6 is 0 Å². The average Bonchev–Trinajstić information content (AvgIpc) is 3.17. The maximum Gasteiger partial charge on any atom is 0.253 e. The van der Waals surface area contributed by atoms with Crippen molar-refractivity contribution in [3.05, 3.63) is 29.8 Å². The molecule has 0 spiro atoms. The van der Waals surface area contributed by atoms with E-state index in [0.29, 0.717) is 18.5 Å². The second-order valence-corrected chi connectivity index (χ2v) is 7.57. The maximum atomic E-state index is 12.4. The van der Waals surface area contributed by atoms with Gasteiger partial charge in [0.1, 0.15) is 0 Å². The lowest BCUT2D eigenvalue weighted by molar-refractivity contribution is -0.118. The predicted molar refractivity (Wildman–Crippen MR) is 99.4 cm³/mol. The van der Waals surface area contributed by atoms with E-state index in [1.165, 1.54) is 6.42 Å². The van der Waals surface area contributed by atoms with E-state index in [1.54, 1.807) is 12.1 Å². The quantitative estimate of drug-likeness (QED) is 0.862. The number of carbonyl (C=O) groups is 2. The van der Waals surface area contributed by atoms with Crippen LogP contribution in [0.2, 0.25) is 0 Å². The highest BCUT2D eigenvalue weighted by Crippen LogP contribution is 2.38. The van der Waals surface area contributed by atoms with E-state index in [9.17, 15) is 9.59 Å². The first-order valence-electron chi connectivity index (χ1n) is 9.51. The fourth-order valence-electron chi connectivity index (χ4n) is 4.10. The highest BCUT2D eigenvalue weighted by Gasteiger charge is 2.33. The fraction of sp³-hybridized carbons (Fsp3) is 0.600. The molecule has 0 atom stereocenters. The second kappa shape index (κ2) is 8.00. The summed E-state index contributed by atoms with van der Waals surface area (Å²) < 4.78 is 0. The summed E-state index contributed by atoms with van der Waals surface area (Å²) in [6.45, 7) is 2.26. The SMILES string of the molecule is NCC1(CC(=O)Nc2ccc(C(=O)N3CCCC3)cc2)CCCCC1. The topological polar surface area (TPSA) is 75.4 Å². The average molecular weight is 343 g/mol. The van der Waals surface area contributed by atoms with Crippen LogP contribution in [0.25, 0.3) is 0 Å². The van der Waals surface area contributed by atoms with Crippen molar-refractivity contribution in [2.24, 2.45) is 11.1 Å². The number of anilines is 1. The molecule has 0 aromatic heterocycles. The van der Waals surface area contributed by atoms with Gasteiger partial charge < -0.3 is 16.0 Å². The van der Waals surface area contributed by atoms with Gasteiger partial charge in [-0.15, -0.1) is 0 Å². The lowest BCUT2D eigenvalue weighted by Crippen LogP contribution is -2.36. The Morgan fingerprint density at radius 3 is 2.24 bits per heavy atom. The van der Waals surface area contributed by atoms with Crippen molar-refractivity contribution in [2.75, 3.05) is 25.0 Å². The van der Waals surface area contributed by atoms with Crippen LogP contribution in [0.1, 0.15) is 61.7 Å². The molecule has 1 aliphatic carbocycles. The van der Waals surface area contributed by atoms with Crippen LogP contribution in [-0.4, -0.2) is 36.3 Å². The van der Waals surface area contributed by atoms with Gasteiger partial charge in [0.2, 0.25) is 5.91 Å². The molecule has 2 aliphatic rings. The number of likely N-dealkylation sites (tertiary alicyclic amines) is 1. The summed E-state index contributed by atoms with van der Waals surface area (Å²) in [4.78, 5) is 26.7. The van der Waals surface area contributed by atoms with E-state index < -0.39 is 0 Å². The number of nitrogens with two attached hydrogens (primary N) is 1. The Bertz CT molecular complexity index is 600. The Labute approximate surface area is 150 Å². The molecule has 2 amide bonds. The van der Waals surface area contributed by atoms with Crippen LogP contribution in [-0.2, 0) is 4.79 Å². The Balaban J connectivity index is 1.57. The van der Waals surface area contributed by atoms with Crippen LogP contribution in [0.5, 0.6) is 0 Å². The van der Waals surface area contributed by atoms with E-state index in [0.717, 1.165) is 57.3 Å². The second-order valence-electron chi connectivity index (χ2n) is 7.57. The predicted octanol–water partition coefficient (Wildman–Crippen LogP) is 3.16. The van der Waals surface area contributed by atoms with Crippen molar-refractivity contribution in [1.29, 1.82) is 0 Å². The highest BCUT2D eigenvalue weighted by atomic mass is 16.2. The molecule has 1 aromatic rings. The van der Waals surface area contributed by atoms with Crippen molar-refractivity contribution in [3.8, 4) is 0 Å². The summed E-state index contributed by atoms with van der Waals surface area (Å²) in [6, 6.07) is 7.24. The smallest absolute Gasteiger partial charge is 0.253 e. The van der Waals surface area contributed by atoms with Crippen LogP contribution in [0.4, 0.5) is 5.69 Å². The highest BCUT2D eigenvalue weighted by molar-refractivity contribution is 5.96. The molecule has 0 radical (unpaired) electrons. The zero-order valence-electron chi connectivity index (χ0n) is 14.9. The third-order valence-electron chi connectivity index (χ3n) is 5.69. The summed E-state index contributed by atoms with van der Waals surface area (Å²) in [6.07, 6.45) is 8.31. The number of hydrogen-bond acceptors (Lipinski definition) is 3. The summed E-state index contributed by atoms with van der Waals surface area (Å²) in [5.41, 5.74) is 7.36. The fourth-order valence-corrected chi connectivity index (χ4v) is 4.10. The van der Waals surface area contributed by atoms with Crippen LogP contribution in [0.15, 0.2) is 24.3 Å². The van der Waals surface area contributed by atoms with Gasteiger partial charge >= 0.3 is 0 Å². The van der Waals surface area contributed by atoms with Crippen molar-refractivity contribution in [1.82, 2.24) is 4.90 Å². The number of benzene rings is 1. The monoisotopic (exact) mass is 343 g/mol. The van der Waals surface area contributed by atoms with Gasteiger partial charge in [0, 0.05) is 30.8 Å². The zero-order chi connectivity index (χ0) is 17.7. The number of hydrogen-bond donors (Lipinski definition) is 2. The first-order chi connectivity index (χ1) is 12.1. The molecule has 5 heteroatoms. The first kappa shape index (κ1) is 17.9. The van der Waals surface area contributed by atoms with Crippen molar-refractivity contribution in [3.63, 3.8) is 0 Å². The van der Waals surface area contributed by atoms with Gasteiger partial charge in [0.15, 0.2) is 0 Å². The summed E-state index contributed by atoms with van der Waals surface area (Å²) >= 11 is 0. The standard InChI is InChI=1S/C20H29N3O2/c21-15-20(10-2-1-3-11-20)14-18(24)22-17-8-6-16(7-9-17)19(25)23-12-4-5-13-23/h6-9H,1-5,10-15,21H2,(H,22,24). The molecule has 0 unspecified atom stereocenters. The van der Waals surface area contributed by atoms with Gasteiger partial charge in [0.25, 0.3) is 5.91 Å². The molecule has 5 nitrogen and oxygen atoms in total. The Kier molecular flexibility index (Phi) is 5.74. The molecule has 1 saturated heterocycles. The molecule has 3 rings (SSSR count). The summed E-state index contributed by atoms with van der Waals surface area (Å²) in [5, 5.41) is 2.96. The Hall–Kier alpha value is -1.88. The maximum absolute atomic E-state index is 12.4. The normalized spacial score (nSPS) is 19.6. The van der Waals surface area contributed by atoms with Crippen LogP contribution < -0.4 is 11.1 Å². The van der Waals surface area contributed by atoms with E-state index in [2.05, 4.69) is 5.32 Å². The molecular formula is C20H29N3O2. The summed E-state index contributed by atoms with van der Waals surface area (Å²) in [7, 11) is 0. The van der Waals surface area contributed by atoms with Gasteiger partial charge in [-0.3, -0.25) is 9.59 Å². The first-order valence-corrected chi connectivity index (χ1v) is 9.51. The molecule has 1 heterocycles. The summed E-state index contributed by atoms with van der Waals surface area (Å²) in [5.74, 6) is 0.102. The Morgan fingerprint density at radius 2 is 1.64 bits per heavy atom. The Morgan fingerprint density at radius 1 is 1.00 bits per heavy atom. The van der Waals surface area contributed by atoms with Gasteiger partial charge in [-0.1, -0.05) is 19.3 Å². The minimum Gasteiger partial charge on any atom is -0.339 e. The number of rotatable bonds is 5. The number of nitrogens with one attached hydrogen (secondary N) is 1. The molecule has 136 valence electrons. The van der Waals surface area contributed by atoms with Crippen molar-refractivity contribution >= 4 is 17.5 Å².